The summed E-state index contributed by atoms with van der Waals surface area (Å²) >= 11 is 5.85. The third-order valence-electron chi connectivity index (χ3n) is 2.45. The Morgan fingerprint density at radius 1 is 0.850 bits per heavy atom. The lowest BCUT2D eigenvalue weighted by atomic mass is 10.3. The van der Waals surface area contributed by atoms with Crippen LogP contribution in [0, 0.1) is 5.82 Å². The molecule has 0 spiro atoms. The summed E-state index contributed by atoms with van der Waals surface area (Å²) in [5.41, 5.74) is 0.245. The number of hydrogen-bond donors (Lipinski definition) is 2. The molecule has 2 aromatic rings. The fraction of sp³-hybridized carbons (Fsp3) is 0. The summed E-state index contributed by atoms with van der Waals surface area (Å²) in [4.78, 5) is 23.3. The number of carbonyl (C=O) groups is 2. The van der Waals surface area contributed by atoms with Gasteiger partial charge in [0.25, 0.3) is 0 Å². The van der Waals surface area contributed by atoms with Gasteiger partial charge in [-0.05, 0) is 24.3 Å². The maximum Gasteiger partial charge on any atom is 0.314 e. The van der Waals surface area contributed by atoms with E-state index in [1.807, 2.05) is 0 Å². The smallest absolute Gasteiger partial charge is 0.314 e. The number of nitrogens with one attached hydrogen (secondary N) is 2. The van der Waals surface area contributed by atoms with Crippen molar-refractivity contribution in [1.82, 2.24) is 0 Å². The van der Waals surface area contributed by atoms with Crippen LogP contribution in [-0.4, -0.2) is 11.8 Å². The Morgan fingerprint density at radius 2 is 1.35 bits per heavy atom. The molecule has 0 aromatic heterocycles. The molecule has 0 aliphatic carbocycles. The van der Waals surface area contributed by atoms with Crippen LogP contribution in [0.15, 0.2) is 48.5 Å². The lowest BCUT2D eigenvalue weighted by molar-refractivity contribution is -0.133. The second kappa shape index (κ2) is 6.16. The third-order valence-corrected chi connectivity index (χ3v) is 2.78. The van der Waals surface area contributed by atoms with Gasteiger partial charge < -0.3 is 10.6 Å². The SMILES string of the molecule is O=C(Nc1ccccc1F)C(=O)Nc1ccccc1Cl. The summed E-state index contributed by atoms with van der Waals surface area (Å²) in [6, 6.07) is 12.0. The Kier molecular flexibility index (Phi) is 4.32. The zero-order valence-electron chi connectivity index (χ0n) is 10.2. The lowest BCUT2D eigenvalue weighted by Gasteiger charge is -2.08. The van der Waals surface area contributed by atoms with Gasteiger partial charge in [0.2, 0.25) is 0 Å². The van der Waals surface area contributed by atoms with Crippen molar-refractivity contribution in [3.8, 4) is 0 Å². The number of halogens is 2. The van der Waals surface area contributed by atoms with Gasteiger partial charge in [0.15, 0.2) is 0 Å². The molecule has 0 fully saturated rings. The van der Waals surface area contributed by atoms with Gasteiger partial charge in [-0.3, -0.25) is 9.59 Å². The van der Waals surface area contributed by atoms with Crippen LogP contribution in [0.3, 0.4) is 0 Å². The van der Waals surface area contributed by atoms with E-state index in [0.29, 0.717) is 10.7 Å². The van der Waals surface area contributed by atoms with E-state index < -0.39 is 17.6 Å². The normalized spacial score (nSPS) is 9.90. The summed E-state index contributed by atoms with van der Waals surface area (Å²) in [5.74, 6) is -2.53. The number of benzene rings is 2. The molecular formula is C14H10ClFN2O2. The van der Waals surface area contributed by atoms with Gasteiger partial charge in [0.1, 0.15) is 5.82 Å². The Bertz CT molecular complexity index is 604. The van der Waals surface area contributed by atoms with Crippen LogP contribution in [0.5, 0.6) is 0 Å². The first kappa shape index (κ1) is 14.0. The van der Waals surface area contributed by atoms with E-state index in [2.05, 4.69) is 10.6 Å². The van der Waals surface area contributed by atoms with Gasteiger partial charge in [-0.2, -0.15) is 0 Å². The molecule has 0 radical (unpaired) electrons. The van der Waals surface area contributed by atoms with Crippen molar-refractivity contribution >= 4 is 34.8 Å². The number of rotatable bonds is 2. The Morgan fingerprint density at radius 3 is 1.95 bits per heavy atom. The molecule has 2 amide bonds. The molecule has 2 aromatic carbocycles. The summed E-state index contributed by atoms with van der Waals surface area (Å²) in [5, 5.41) is 4.83. The van der Waals surface area contributed by atoms with Crippen LogP contribution in [0.2, 0.25) is 5.02 Å². The van der Waals surface area contributed by atoms with Gasteiger partial charge in [-0.15, -0.1) is 0 Å². The van der Waals surface area contributed by atoms with Crippen LogP contribution in [0.4, 0.5) is 15.8 Å². The van der Waals surface area contributed by atoms with Gasteiger partial charge >= 0.3 is 11.8 Å². The fourth-order valence-corrected chi connectivity index (χ4v) is 1.67. The monoisotopic (exact) mass is 292 g/mol. The number of para-hydroxylation sites is 2. The Hall–Kier alpha value is -2.40. The van der Waals surface area contributed by atoms with Crippen LogP contribution in [0.25, 0.3) is 0 Å². The second-order valence-corrected chi connectivity index (χ2v) is 4.28. The summed E-state index contributed by atoms with van der Waals surface area (Å²) in [6.07, 6.45) is 0. The zero-order valence-corrected chi connectivity index (χ0v) is 10.9. The second-order valence-electron chi connectivity index (χ2n) is 3.87. The predicted molar refractivity (Wildman–Crippen MR) is 75.1 cm³/mol. The van der Waals surface area contributed by atoms with Crippen molar-refractivity contribution in [2.45, 2.75) is 0 Å². The highest BCUT2D eigenvalue weighted by Gasteiger charge is 2.16. The summed E-state index contributed by atoms with van der Waals surface area (Å²) in [7, 11) is 0. The first-order chi connectivity index (χ1) is 9.58. The molecule has 0 aliphatic rings. The number of carbonyl (C=O) groups excluding carboxylic acids is 2. The molecule has 0 unspecified atom stereocenters. The molecule has 4 nitrogen and oxygen atoms in total. The molecule has 0 saturated carbocycles. The molecule has 102 valence electrons. The standard InChI is InChI=1S/C14H10ClFN2O2/c15-9-5-1-3-7-11(9)17-13(19)14(20)18-12-8-4-2-6-10(12)16/h1-8H,(H,17,19)(H,18,20). The number of amides is 2. The minimum absolute atomic E-state index is 0.0631. The molecule has 0 bridgehead atoms. The molecule has 2 N–H and O–H groups in total. The first-order valence-corrected chi connectivity index (χ1v) is 6.07. The largest absolute Gasteiger partial charge is 0.316 e. The molecule has 6 heteroatoms. The average Bonchev–Trinajstić information content (AvgIpc) is 2.43. The first-order valence-electron chi connectivity index (χ1n) is 5.69. The molecule has 0 atom stereocenters. The van der Waals surface area contributed by atoms with Crippen molar-refractivity contribution in [3.63, 3.8) is 0 Å². The zero-order chi connectivity index (χ0) is 14.5. The Balaban J connectivity index is 2.05. The van der Waals surface area contributed by atoms with E-state index in [0.717, 1.165) is 0 Å². The minimum atomic E-state index is -0.977. The molecule has 20 heavy (non-hydrogen) atoms. The number of anilines is 2. The highest BCUT2D eigenvalue weighted by molar-refractivity contribution is 6.44. The van der Waals surface area contributed by atoms with E-state index in [-0.39, 0.29) is 5.69 Å². The Labute approximate surface area is 119 Å². The average molecular weight is 293 g/mol. The van der Waals surface area contributed by atoms with E-state index in [1.165, 1.54) is 18.2 Å². The molecule has 0 aliphatic heterocycles. The fourth-order valence-electron chi connectivity index (χ4n) is 1.48. The van der Waals surface area contributed by atoms with E-state index in [1.54, 1.807) is 30.3 Å². The maximum atomic E-state index is 13.3. The molecule has 0 saturated heterocycles. The van der Waals surface area contributed by atoms with Crippen molar-refractivity contribution in [2.24, 2.45) is 0 Å². The van der Waals surface area contributed by atoms with Crippen molar-refractivity contribution in [2.75, 3.05) is 10.6 Å². The third kappa shape index (κ3) is 3.33. The van der Waals surface area contributed by atoms with E-state index in [4.69, 9.17) is 11.6 Å². The van der Waals surface area contributed by atoms with Gasteiger partial charge in [0.05, 0.1) is 16.4 Å². The van der Waals surface area contributed by atoms with E-state index in [9.17, 15) is 14.0 Å². The van der Waals surface area contributed by atoms with Crippen molar-refractivity contribution in [1.29, 1.82) is 0 Å². The minimum Gasteiger partial charge on any atom is -0.316 e. The topological polar surface area (TPSA) is 58.2 Å². The van der Waals surface area contributed by atoms with Gasteiger partial charge in [-0.1, -0.05) is 35.9 Å². The highest BCUT2D eigenvalue weighted by Crippen LogP contribution is 2.20. The van der Waals surface area contributed by atoms with Gasteiger partial charge in [-0.25, -0.2) is 4.39 Å². The molecule has 0 heterocycles. The molecule has 2 rings (SSSR count). The van der Waals surface area contributed by atoms with Crippen molar-refractivity contribution in [3.05, 3.63) is 59.4 Å². The summed E-state index contributed by atoms with van der Waals surface area (Å²) in [6.45, 7) is 0. The maximum absolute atomic E-state index is 13.3. The lowest BCUT2D eigenvalue weighted by Crippen LogP contribution is -2.29. The molecular weight excluding hydrogens is 283 g/mol. The quantitative estimate of drug-likeness (QED) is 0.836. The van der Waals surface area contributed by atoms with Gasteiger partial charge in [0, 0.05) is 0 Å². The van der Waals surface area contributed by atoms with Crippen LogP contribution >= 0.6 is 11.6 Å². The van der Waals surface area contributed by atoms with E-state index >= 15 is 0 Å². The van der Waals surface area contributed by atoms with Crippen LogP contribution < -0.4 is 10.6 Å². The van der Waals surface area contributed by atoms with Crippen LogP contribution in [0.1, 0.15) is 0 Å². The van der Waals surface area contributed by atoms with Crippen LogP contribution in [-0.2, 0) is 9.59 Å². The predicted octanol–water partition coefficient (Wildman–Crippen LogP) is 3.06. The van der Waals surface area contributed by atoms with Crippen molar-refractivity contribution < 1.29 is 14.0 Å². The summed E-state index contributed by atoms with van der Waals surface area (Å²) < 4.78 is 13.3. The number of hydrogen-bond acceptors (Lipinski definition) is 2. The highest BCUT2D eigenvalue weighted by atomic mass is 35.5.